The predicted octanol–water partition coefficient (Wildman–Crippen LogP) is 5.72. The van der Waals surface area contributed by atoms with Gasteiger partial charge in [-0.15, -0.1) is 0 Å². The average Bonchev–Trinajstić information content (AvgIpc) is 2.79. The number of nitrogens with zero attached hydrogens (tertiary/aromatic N) is 1. The number of benzene rings is 3. The smallest absolute Gasteiger partial charge is 0.337 e. The molecule has 0 fully saturated rings. The molecular formula is C26H20ClNO4. The molecule has 1 heterocycles. The third-order valence-corrected chi connectivity index (χ3v) is 6.64. The predicted molar refractivity (Wildman–Crippen MR) is 123 cm³/mol. The van der Waals surface area contributed by atoms with Crippen LogP contribution in [0.2, 0.25) is 5.02 Å². The SMILES string of the molecule is O=C1CCCC2=C1C(c1cccc3ccccc13)CC(=O)N2c1ccc(Cl)c(C(=O)O)c1. The number of carbonyl (C=O) groups excluding carboxylic acids is 2. The Bertz CT molecular complexity index is 1320. The number of amides is 1. The van der Waals surface area contributed by atoms with E-state index in [1.54, 1.807) is 6.07 Å². The van der Waals surface area contributed by atoms with Gasteiger partial charge in [-0.25, -0.2) is 4.79 Å². The molecule has 3 aromatic carbocycles. The Hall–Kier alpha value is -3.44. The largest absolute Gasteiger partial charge is 0.478 e. The highest BCUT2D eigenvalue weighted by atomic mass is 35.5. The zero-order chi connectivity index (χ0) is 22.4. The number of ketones is 1. The molecule has 160 valence electrons. The molecule has 3 aromatic rings. The fourth-order valence-electron chi connectivity index (χ4n) is 4.93. The molecule has 0 saturated carbocycles. The van der Waals surface area contributed by atoms with Gasteiger partial charge >= 0.3 is 5.97 Å². The van der Waals surface area contributed by atoms with Crippen molar-refractivity contribution in [2.24, 2.45) is 0 Å². The third-order valence-electron chi connectivity index (χ3n) is 6.31. The summed E-state index contributed by atoms with van der Waals surface area (Å²) in [5, 5.41) is 11.7. The van der Waals surface area contributed by atoms with E-state index in [2.05, 4.69) is 0 Å². The molecule has 1 aliphatic carbocycles. The fourth-order valence-corrected chi connectivity index (χ4v) is 5.13. The first-order chi connectivity index (χ1) is 15.5. The van der Waals surface area contributed by atoms with Crippen molar-refractivity contribution in [3.8, 4) is 0 Å². The van der Waals surface area contributed by atoms with Crippen molar-refractivity contribution in [3.05, 3.63) is 88.1 Å². The lowest BCUT2D eigenvalue weighted by Gasteiger charge is -2.38. The van der Waals surface area contributed by atoms with Crippen LogP contribution in [0.25, 0.3) is 10.8 Å². The summed E-state index contributed by atoms with van der Waals surface area (Å²) in [7, 11) is 0. The maximum Gasteiger partial charge on any atom is 0.337 e. The number of aromatic carboxylic acids is 1. The van der Waals surface area contributed by atoms with Crippen LogP contribution in [0.4, 0.5) is 5.69 Å². The summed E-state index contributed by atoms with van der Waals surface area (Å²) in [4.78, 5) is 39.7. The minimum absolute atomic E-state index is 0.0501. The van der Waals surface area contributed by atoms with Crippen LogP contribution in [0, 0.1) is 0 Å². The summed E-state index contributed by atoms with van der Waals surface area (Å²) in [6.45, 7) is 0. The molecule has 5 nitrogen and oxygen atoms in total. The molecule has 1 N–H and O–H groups in total. The van der Waals surface area contributed by atoms with Crippen molar-refractivity contribution < 1.29 is 19.5 Å². The number of rotatable bonds is 3. The lowest BCUT2D eigenvalue weighted by atomic mass is 9.76. The first-order valence-electron chi connectivity index (χ1n) is 10.6. The van der Waals surface area contributed by atoms with Crippen molar-refractivity contribution in [1.29, 1.82) is 0 Å². The Morgan fingerprint density at radius 1 is 1.00 bits per heavy atom. The van der Waals surface area contributed by atoms with E-state index in [4.69, 9.17) is 11.6 Å². The molecule has 0 radical (unpaired) electrons. The summed E-state index contributed by atoms with van der Waals surface area (Å²) >= 11 is 6.04. The van der Waals surface area contributed by atoms with Crippen LogP contribution in [0.5, 0.6) is 0 Å². The topological polar surface area (TPSA) is 74.7 Å². The molecule has 2 aliphatic rings. The zero-order valence-corrected chi connectivity index (χ0v) is 17.9. The number of carbonyl (C=O) groups is 3. The number of carboxylic acid groups (broad SMARTS) is 1. The standard InChI is InChI=1S/C26H20ClNO4/c27-21-12-11-16(13-20(21)26(31)32)28-22-9-4-10-23(29)25(22)19(14-24(28)30)18-8-3-6-15-5-1-2-7-17(15)18/h1-3,5-8,11-13,19H,4,9-10,14H2,(H,31,32). The van der Waals surface area contributed by atoms with Gasteiger partial charge in [-0.2, -0.15) is 0 Å². The van der Waals surface area contributed by atoms with Crippen molar-refractivity contribution in [2.75, 3.05) is 4.90 Å². The molecule has 0 aromatic heterocycles. The molecule has 6 heteroatoms. The highest BCUT2D eigenvalue weighted by Gasteiger charge is 2.40. The van der Waals surface area contributed by atoms with Crippen molar-refractivity contribution in [3.63, 3.8) is 0 Å². The molecule has 32 heavy (non-hydrogen) atoms. The molecule has 0 bridgehead atoms. The van der Waals surface area contributed by atoms with E-state index >= 15 is 0 Å². The van der Waals surface area contributed by atoms with Crippen LogP contribution in [0.3, 0.4) is 0 Å². The van der Waals surface area contributed by atoms with Gasteiger partial charge in [0.05, 0.1) is 10.6 Å². The minimum Gasteiger partial charge on any atom is -0.478 e. The number of hydrogen-bond donors (Lipinski definition) is 1. The molecule has 0 saturated heterocycles. The zero-order valence-electron chi connectivity index (χ0n) is 17.2. The van der Waals surface area contributed by atoms with Gasteiger partial charge in [0.1, 0.15) is 0 Å². The summed E-state index contributed by atoms with van der Waals surface area (Å²) in [6.07, 6.45) is 1.83. The third kappa shape index (κ3) is 3.30. The maximum atomic E-state index is 13.4. The number of fused-ring (bicyclic) bond motifs is 1. The van der Waals surface area contributed by atoms with E-state index in [9.17, 15) is 19.5 Å². The Morgan fingerprint density at radius 3 is 2.59 bits per heavy atom. The number of carboxylic acids is 1. The number of Topliss-reactive ketones (excluding diaryl/α,β-unsaturated/α-hetero) is 1. The van der Waals surface area contributed by atoms with Crippen LogP contribution < -0.4 is 4.90 Å². The van der Waals surface area contributed by atoms with Crippen molar-refractivity contribution in [2.45, 2.75) is 31.6 Å². The van der Waals surface area contributed by atoms with Crippen LogP contribution in [-0.2, 0) is 9.59 Å². The molecule has 0 spiro atoms. The number of hydrogen-bond acceptors (Lipinski definition) is 3. The number of allylic oxidation sites excluding steroid dienone is 2. The van der Waals surface area contributed by atoms with Crippen molar-refractivity contribution in [1.82, 2.24) is 0 Å². The first-order valence-corrected chi connectivity index (χ1v) is 10.9. The lowest BCUT2D eigenvalue weighted by Crippen LogP contribution is -2.40. The lowest BCUT2D eigenvalue weighted by molar-refractivity contribution is -0.119. The van der Waals surface area contributed by atoms with Gasteiger partial charge in [-0.05, 0) is 47.4 Å². The van der Waals surface area contributed by atoms with Gasteiger partial charge < -0.3 is 5.11 Å². The minimum atomic E-state index is -1.16. The van der Waals surface area contributed by atoms with Gasteiger partial charge in [0, 0.05) is 35.7 Å². The fraction of sp³-hybridized carbons (Fsp3) is 0.192. The van der Waals surface area contributed by atoms with Crippen LogP contribution in [0.15, 0.2) is 71.9 Å². The van der Waals surface area contributed by atoms with Gasteiger partial charge in [-0.1, -0.05) is 54.1 Å². The normalized spacial score (nSPS) is 18.8. The van der Waals surface area contributed by atoms with Gasteiger partial charge in [0.15, 0.2) is 5.78 Å². The second-order valence-electron chi connectivity index (χ2n) is 8.16. The Kier molecular flexibility index (Phi) is 5.06. The second-order valence-corrected chi connectivity index (χ2v) is 8.57. The molecule has 1 amide bonds. The molecule has 5 rings (SSSR count). The average molecular weight is 446 g/mol. The Morgan fingerprint density at radius 2 is 1.78 bits per heavy atom. The highest BCUT2D eigenvalue weighted by Crippen LogP contribution is 2.45. The quantitative estimate of drug-likeness (QED) is 0.559. The van der Waals surface area contributed by atoms with E-state index in [-0.39, 0.29) is 34.6 Å². The van der Waals surface area contributed by atoms with Crippen LogP contribution >= 0.6 is 11.6 Å². The van der Waals surface area contributed by atoms with E-state index in [0.717, 1.165) is 16.3 Å². The van der Waals surface area contributed by atoms with Gasteiger partial charge in [0.25, 0.3) is 0 Å². The Balaban J connectivity index is 1.70. The summed E-state index contributed by atoms with van der Waals surface area (Å²) in [5.74, 6) is -1.59. The summed E-state index contributed by atoms with van der Waals surface area (Å²) < 4.78 is 0. The van der Waals surface area contributed by atoms with Gasteiger partial charge in [-0.3, -0.25) is 14.5 Å². The summed E-state index contributed by atoms with van der Waals surface area (Å²) in [5.41, 5.74) is 2.67. The van der Waals surface area contributed by atoms with E-state index in [1.165, 1.54) is 17.0 Å². The summed E-state index contributed by atoms with van der Waals surface area (Å²) in [6, 6.07) is 18.5. The number of halogens is 1. The monoisotopic (exact) mass is 445 g/mol. The van der Waals surface area contributed by atoms with E-state index in [0.29, 0.717) is 36.2 Å². The highest BCUT2D eigenvalue weighted by molar-refractivity contribution is 6.33. The van der Waals surface area contributed by atoms with Gasteiger partial charge in [0.2, 0.25) is 5.91 Å². The molecular weight excluding hydrogens is 426 g/mol. The maximum absolute atomic E-state index is 13.4. The van der Waals surface area contributed by atoms with Crippen LogP contribution in [-0.4, -0.2) is 22.8 Å². The van der Waals surface area contributed by atoms with E-state index < -0.39 is 5.97 Å². The first kappa shape index (κ1) is 20.5. The van der Waals surface area contributed by atoms with Crippen molar-refractivity contribution >= 4 is 45.7 Å². The molecule has 1 aliphatic heterocycles. The Labute approximate surface area is 189 Å². The second kappa shape index (κ2) is 7.92. The molecule has 1 atom stereocenters. The van der Waals surface area contributed by atoms with Crippen LogP contribution in [0.1, 0.15) is 47.5 Å². The molecule has 1 unspecified atom stereocenters. The van der Waals surface area contributed by atoms with E-state index in [1.807, 2.05) is 42.5 Å². The number of anilines is 1.